The molecule has 0 aliphatic rings. The van der Waals surface area contributed by atoms with Gasteiger partial charge in [-0.05, 0) is 18.2 Å². The maximum atomic E-state index is 5.87. The second-order valence-electron chi connectivity index (χ2n) is 3.08. The summed E-state index contributed by atoms with van der Waals surface area (Å²) in [6.45, 7) is 0. The fraction of sp³-hybridized carbons (Fsp3) is 0.182. The molecule has 15 heavy (non-hydrogen) atoms. The van der Waals surface area contributed by atoms with Gasteiger partial charge >= 0.3 is 0 Å². The summed E-state index contributed by atoms with van der Waals surface area (Å²) in [6.07, 6.45) is 2.38. The molecule has 2 nitrogen and oxygen atoms in total. The molecule has 0 saturated carbocycles. The summed E-state index contributed by atoms with van der Waals surface area (Å²) < 4.78 is 5.51. The molecule has 2 aromatic rings. The Kier molecular flexibility index (Phi) is 3.29. The SMILES string of the molecule is ClCCc1cnc(-c2cccc(Cl)c2)o1. The van der Waals surface area contributed by atoms with Crippen LogP contribution in [0.15, 0.2) is 34.9 Å². The second-order valence-corrected chi connectivity index (χ2v) is 3.90. The lowest BCUT2D eigenvalue weighted by Gasteiger charge is -1.95. The van der Waals surface area contributed by atoms with Crippen LogP contribution in [0.5, 0.6) is 0 Å². The second kappa shape index (κ2) is 4.69. The Morgan fingerprint density at radius 2 is 2.20 bits per heavy atom. The van der Waals surface area contributed by atoms with Crippen LogP contribution in [0.25, 0.3) is 11.5 Å². The quantitative estimate of drug-likeness (QED) is 0.765. The summed E-state index contributed by atoms with van der Waals surface area (Å²) in [5, 5.41) is 0.671. The first kappa shape index (κ1) is 10.5. The minimum absolute atomic E-state index is 0.532. The fourth-order valence-corrected chi connectivity index (χ4v) is 1.65. The molecule has 0 aliphatic heterocycles. The molecule has 1 heterocycles. The van der Waals surface area contributed by atoms with Crippen LogP contribution in [-0.2, 0) is 6.42 Å². The van der Waals surface area contributed by atoms with Crippen molar-refractivity contribution >= 4 is 23.2 Å². The first-order chi connectivity index (χ1) is 7.29. The van der Waals surface area contributed by atoms with Crippen LogP contribution >= 0.6 is 23.2 Å². The van der Waals surface area contributed by atoms with Crippen LogP contribution in [-0.4, -0.2) is 10.9 Å². The third-order valence-electron chi connectivity index (χ3n) is 1.97. The highest BCUT2D eigenvalue weighted by atomic mass is 35.5. The molecule has 4 heteroatoms. The Labute approximate surface area is 97.8 Å². The lowest BCUT2D eigenvalue weighted by Crippen LogP contribution is -1.80. The summed E-state index contributed by atoms with van der Waals surface area (Å²) >= 11 is 11.5. The van der Waals surface area contributed by atoms with Crippen LogP contribution in [0.4, 0.5) is 0 Å². The summed E-state index contributed by atoms with van der Waals surface area (Å²) in [7, 11) is 0. The normalized spacial score (nSPS) is 10.5. The van der Waals surface area contributed by atoms with Gasteiger partial charge in [0.2, 0.25) is 5.89 Å². The summed E-state index contributed by atoms with van der Waals surface area (Å²) in [5.41, 5.74) is 0.878. The molecule has 0 bridgehead atoms. The molecular formula is C11H9Cl2NO. The van der Waals surface area contributed by atoms with Gasteiger partial charge in [0.25, 0.3) is 0 Å². The third-order valence-corrected chi connectivity index (χ3v) is 2.39. The topological polar surface area (TPSA) is 26.0 Å². The summed E-state index contributed by atoms with van der Waals surface area (Å²) in [6, 6.07) is 7.40. The fourth-order valence-electron chi connectivity index (χ4n) is 1.27. The molecule has 0 aliphatic carbocycles. The lowest BCUT2D eigenvalue weighted by molar-refractivity contribution is 0.525. The minimum Gasteiger partial charge on any atom is -0.441 e. The van der Waals surface area contributed by atoms with Crippen molar-refractivity contribution in [1.82, 2.24) is 4.98 Å². The van der Waals surface area contributed by atoms with E-state index in [9.17, 15) is 0 Å². The number of benzene rings is 1. The van der Waals surface area contributed by atoms with E-state index in [1.807, 2.05) is 24.3 Å². The Balaban J connectivity index is 2.29. The van der Waals surface area contributed by atoms with Gasteiger partial charge in [0.1, 0.15) is 5.76 Å². The average molecular weight is 242 g/mol. The van der Waals surface area contributed by atoms with Gasteiger partial charge in [0.05, 0.1) is 6.20 Å². The number of rotatable bonds is 3. The standard InChI is InChI=1S/C11H9Cl2NO/c12-5-4-10-7-14-11(15-10)8-2-1-3-9(13)6-8/h1-3,6-7H,4-5H2. The van der Waals surface area contributed by atoms with E-state index < -0.39 is 0 Å². The maximum absolute atomic E-state index is 5.87. The smallest absolute Gasteiger partial charge is 0.226 e. The zero-order valence-electron chi connectivity index (χ0n) is 7.91. The van der Waals surface area contributed by atoms with Crippen molar-refractivity contribution in [2.75, 3.05) is 5.88 Å². The van der Waals surface area contributed by atoms with E-state index in [0.29, 0.717) is 23.2 Å². The molecule has 0 spiro atoms. The van der Waals surface area contributed by atoms with E-state index in [4.69, 9.17) is 27.6 Å². The predicted octanol–water partition coefficient (Wildman–Crippen LogP) is 3.78. The van der Waals surface area contributed by atoms with Crippen LogP contribution in [0.1, 0.15) is 5.76 Å². The summed E-state index contributed by atoms with van der Waals surface area (Å²) in [4.78, 5) is 4.16. The van der Waals surface area contributed by atoms with E-state index in [0.717, 1.165) is 11.3 Å². The van der Waals surface area contributed by atoms with Crippen molar-refractivity contribution < 1.29 is 4.42 Å². The number of aryl methyl sites for hydroxylation is 1. The Hall–Kier alpha value is -0.990. The van der Waals surface area contributed by atoms with Crippen molar-refractivity contribution in [3.8, 4) is 11.5 Å². The molecule has 1 aromatic carbocycles. The molecule has 0 amide bonds. The first-order valence-electron chi connectivity index (χ1n) is 4.56. The Morgan fingerprint density at radius 3 is 2.93 bits per heavy atom. The van der Waals surface area contributed by atoms with Crippen molar-refractivity contribution in [3.05, 3.63) is 41.2 Å². The highest BCUT2D eigenvalue weighted by molar-refractivity contribution is 6.30. The highest BCUT2D eigenvalue weighted by Crippen LogP contribution is 2.22. The van der Waals surface area contributed by atoms with Gasteiger partial charge < -0.3 is 4.42 Å². The molecule has 1 aromatic heterocycles. The molecule has 78 valence electrons. The zero-order chi connectivity index (χ0) is 10.7. The van der Waals surface area contributed by atoms with Crippen molar-refractivity contribution in [2.24, 2.45) is 0 Å². The van der Waals surface area contributed by atoms with Crippen LogP contribution in [0, 0.1) is 0 Å². The molecule has 0 saturated heterocycles. The van der Waals surface area contributed by atoms with Crippen LogP contribution in [0.2, 0.25) is 5.02 Å². The molecular weight excluding hydrogens is 233 g/mol. The lowest BCUT2D eigenvalue weighted by atomic mass is 10.2. The largest absolute Gasteiger partial charge is 0.441 e. The molecule has 0 atom stereocenters. The minimum atomic E-state index is 0.532. The molecule has 0 unspecified atom stereocenters. The molecule has 0 N–H and O–H groups in total. The van der Waals surface area contributed by atoms with Gasteiger partial charge in [0.15, 0.2) is 0 Å². The van der Waals surface area contributed by atoms with E-state index in [-0.39, 0.29) is 0 Å². The maximum Gasteiger partial charge on any atom is 0.226 e. The number of halogens is 2. The van der Waals surface area contributed by atoms with Gasteiger partial charge in [-0.1, -0.05) is 17.7 Å². The number of alkyl halides is 1. The Morgan fingerprint density at radius 1 is 1.33 bits per heavy atom. The number of nitrogens with zero attached hydrogens (tertiary/aromatic N) is 1. The highest BCUT2D eigenvalue weighted by Gasteiger charge is 2.06. The van der Waals surface area contributed by atoms with Crippen LogP contribution < -0.4 is 0 Å². The van der Waals surface area contributed by atoms with Crippen molar-refractivity contribution in [2.45, 2.75) is 6.42 Å². The van der Waals surface area contributed by atoms with Gasteiger partial charge in [-0.15, -0.1) is 11.6 Å². The van der Waals surface area contributed by atoms with E-state index in [2.05, 4.69) is 4.98 Å². The molecule has 0 radical (unpaired) electrons. The zero-order valence-corrected chi connectivity index (χ0v) is 9.42. The number of hydrogen-bond acceptors (Lipinski definition) is 2. The van der Waals surface area contributed by atoms with Gasteiger partial charge in [-0.2, -0.15) is 0 Å². The van der Waals surface area contributed by atoms with E-state index in [1.54, 1.807) is 6.20 Å². The summed E-state index contributed by atoms with van der Waals surface area (Å²) in [5.74, 6) is 1.90. The van der Waals surface area contributed by atoms with E-state index >= 15 is 0 Å². The van der Waals surface area contributed by atoms with Gasteiger partial charge in [-0.25, -0.2) is 4.98 Å². The van der Waals surface area contributed by atoms with Crippen molar-refractivity contribution in [1.29, 1.82) is 0 Å². The predicted molar refractivity (Wildman–Crippen MR) is 61.4 cm³/mol. The van der Waals surface area contributed by atoms with Gasteiger partial charge in [-0.3, -0.25) is 0 Å². The van der Waals surface area contributed by atoms with Crippen molar-refractivity contribution in [3.63, 3.8) is 0 Å². The third kappa shape index (κ3) is 2.52. The van der Waals surface area contributed by atoms with E-state index in [1.165, 1.54) is 0 Å². The monoisotopic (exact) mass is 241 g/mol. The number of aromatic nitrogens is 1. The average Bonchev–Trinajstić information content (AvgIpc) is 2.67. The Bertz CT molecular complexity index is 453. The van der Waals surface area contributed by atoms with Gasteiger partial charge in [0, 0.05) is 22.9 Å². The number of hydrogen-bond donors (Lipinski definition) is 0. The molecule has 0 fully saturated rings. The molecule has 2 rings (SSSR count). The number of oxazole rings is 1. The van der Waals surface area contributed by atoms with Crippen LogP contribution in [0.3, 0.4) is 0 Å². The first-order valence-corrected chi connectivity index (χ1v) is 5.47.